The molecule has 84 valence electrons. The minimum Gasteiger partial charge on any atom is -0.339 e. The molecule has 0 radical (unpaired) electrons. The summed E-state index contributed by atoms with van der Waals surface area (Å²) >= 11 is 0. The van der Waals surface area contributed by atoms with Crippen LogP contribution in [0.3, 0.4) is 0 Å². The van der Waals surface area contributed by atoms with Crippen molar-refractivity contribution in [2.75, 3.05) is 0 Å². The molecule has 0 aliphatic rings. The second-order valence-electron chi connectivity index (χ2n) is 4.25. The topological polar surface area (TPSA) is 17.8 Å². The Balaban J connectivity index is 2.08. The van der Waals surface area contributed by atoms with Crippen LogP contribution >= 0.6 is 0 Å². The molecule has 2 heterocycles. The molecule has 0 bridgehead atoms. The molecule has 2 heteroatoms. The molecule has 1 aromatic carbocycles. The normalized spacial score (nSPS) is 10.9. The van der Waals surface area contributed by atoms with Gasteiger partial charge in [-0.15, -0.1) is 0 Å². The average molecular weight is 222 g/mol. The number of aryl methyl sites for hydroxylation is 1. The second-order valence-corrected chi connectivity index (χ2v) is 4.25. The third-order valence-corrected chi connectivity index (χ3v) is 3.06. The summed E-state index contributed by atoms with van der Waals surface area (Å²) in [6, 6.07) is 16.7. The van der Waals surface area contributed by atoms with Crippen molar-refractivity contribution in [3.8, 4) is 0 Å². The van der Waals surface area contributed by atoms with E-state index in [9.17, 15) is 0 Å². The smallest absolute Gasteiger partial charge is 0.0651 e. The Bertz CT molecular complexity index is 638. The number of hydrogen-bond donors (Lipinski definition) is 0. The highest BCUT2D eigenvalue weighted by Gasteiger charge is 2.05. The van der Waals surface area contributed by atoms with Crippen LogP contribution in [0.5, 0.6) is 0 Å². The zero-order valence-corrected chi connectivity index (χ0v) is 9.80. The maximum Gasteiger partial charge on any atom is 0.0651 e. The Morgan fingerprint density at radius 2 is 1.88 bits per heavy atom. The molecule has 17 heavy (non-hydrogen) atoms. The van der Waals surface area contributed by atoms with E-state index in [0.29, 0.717) is 0 Å². The van der Waals surface area contributed by atoms with Crippen molar-refractivity contribution in [3.63, 3.8) is 0 Å². The first-order valence-corrected chi connectivity index (χ1v) is 5.79. The van der Waals surface area contributed by atoms with E-state index in [0.717, 1.165) is 12.2 Å². The van der Waals surface area contributed by atoms with Crippen molar-refractivity contribution in [2.24, 2.45) is 0 Å². The second kappa shape index (κ2) is 4.06. The molecule has 2 aromatic heterocycles. The van der Waals surface area contributed by atoms with Gasteiger partial charge in [0.15, 0.2) is 0 Å². The molecule has 0 spiro atoms. The van der Waals surface area contributed by atoms with Crippen molar-refractivity contribution in [1.82, 2.24) is 9.55 Å². The molecule has 0 aliphatic carbocycles. The minimum absolute atomic E-state index is 0.834. The predicted molar refractivity (Wildman–Crippen MR) is 70.0 cm³/mol. The van der Waals surface area contributed by atoms with Gasteiger partial charge in [0.1, 0.15) is 0 Å². The predicted octanol–water partition coefficient (Wildman–Crippen LogP) is 3.39. The van der Waals surface area contributed by atoms with Gasteiger partial charge < -0.3 is 4.57 Å². The van der Waals surface area contributed by atoms with E-state index < -0.39 is 0 Å². The highest BCUT2D eigenvalue weighted by atomic mass is 15.0. The van der Waals surface area contributed by atoms with E-state index in [1.54, 1.807) is 0 Å². The van der Waals surface area contributed by atoms with Crippen molar-refractivity contribution in [2.45, 2.75) is 13.5 Å². The van der Waals surface area contributed by atoms with Crippen molar-refractivity contribution in [1.29, 1.82) is 0 Å². The van der Waals surface area contributed by atoms with Gasteiger partial charge in [-0.3, -0.25) is 4.98 Å². The van der Waals surface area contributed by atoms with E-state index in [4.69, 9.17) is 0 Å². The third-order valence-electron chi connectivity index (χ3n) is 3.06. The van der Waals surface area contributed by atoms with Gasteiger partial charge >= 0.3 is 0 Å². The number of rotatable bonds is 2. The zero-order chi connectivity index (χ0) is 11.7. The molecule has 0 saturated heterocycles. The Hall–Kier alpha value is -2.09. The first-order chi connectivity index (χ1) is 8.34. The van der Waals surface area contributed by atoms with Crippen LogP contribution in [0.1, 0.15) is 11.4 Å². The fraction of sp³-hybridized carbons (Fsp3) is 0.133. The standard InChI is InChI=1S/C15H14N2/c1-12-10-13-6-2-3-8-15(13)17(12)11-14-7-4-5-9-16-14/h2-10H,11H2,1H3. The zero-order valence-electron chi connectivity index (χ0n) is 9.80. The van der Waals surface area contributed by atoms with E-state index in [1.165, 1.54) is 16.6 Å². The maximum absolute atomic E-state index is 4.38. The molecule has 2 nitrogen and oxygen atoms in total. The highest BCUT2D eigenvalue weighted by Crippen LogP contribution is 2.19. The molecule has 3 aromatic rings. The number of para-hydroxylation sites is 1. The van der Waals surface area contributed by atoms with Gasteiger partial charge in [0.25, 0.3) is 0 Å². The number of fused-ring (bicyclic) bond motifs is 1. The lowest BCUT2D eigenvalue weighted by molar-refractivity contribution is 0.780. The van der Waals surface area contributed by atoms with Crippen LogP contribution in [0.15, 0.2) is 54.7 Å². The molecule has 0 N–H and O–H groups in total. The van der Waals surface area contributed by atoms with Crippen LogP contribution in [0.4, 0.5) is 0 Å². The van der Waals surface area contributed by atoms with E-state index in [2.05, 4.69) is 52.9 Å². The molecular weight excluding hydrogens is 208 g/mol. The van der Waals surface area contributed by atoms with Gasteiger partial charge in [0.05, 0.1) is 12.2 Å². The fourth-order valence-corrected chi connectivity index (χ4v) is 2.21. The highest BCUT2D eigenvalue weighted by molar-refractivity contribution is 5.81. The van der Waals surface area contributed by atoms with Crippen LogP contribution in [0.25, 0.3) is 10.9 Å². The lowest BCUT2D eigenvalue weighted by Crippen LogP contribution is -2.02. The van der Waals surface area contributed by atoms with Crippen LogP contribution in [-0.2, 0) is 6.54 Å². The lowest BCUT2D eigenvalue weighted by Gasteiger charge is -2.07. The molecule has 3 rings (SSSR count). The SMILES string of the molecule is Cc1cc2ccccc2n1Cc1ccccn1. The molecule has 0 amide bonds. The average Bonchev–Trinajstić information content (AvgIpc) is 2.68. The first-order valence-electron chi connectivity index (χ1n) is 5.79. The van der Waals surface area contributed by atoms with Crippen molar-refractivity contribution < 1.29 is 0 Å². The van der Waals surface area contributed by atoms with Gasteiger partial charge in [-0.05, 0) is 36.6 Å². The number of hydrogen-bond acceptors (Lipinski definition) is 1. The van der Waals surface area contributed by atoms with Gasteiger partial charge in [0, 0.05) is 17.4 Å². The number of benzene rings is 1. The quantitative estimate of drug-likeness (QED) is 0.650. The van der Waals surface area contributed by atoms with E-state index in [1.807, 2.05) is 18.3 Å². The van der Waals surface area contributed by atoms with Crippen LogP contribution in [-0.4, -0.2) is 9.55 Å². The van der Waals surface area contributed by atoms with E-state index >= 15 is 0 Å². The summed E-state index contributed by atoms with van der Waals surface area (Å²) in [5.74, 6) is 0. The number of pyridine rings is 1. The van der Waals surface area contributed by atoms with Gasteiger partial charge in [0.2, 0.25) is 0 Å². The summed E-state index contributed by atoms with van der Waals surface area (Å²) in [6.07, 6.45) is 1.84. The molecule has 0 aliphatic heterocycles. The fourth-order valence-electron chi connectivity index (χ4n) is 2.21. The van der Waals surface area contributed by atoms with Crippen LogP contribution in [0, 0.1) is 6.92 Å². The Kier molecular flexibility index (Phi) is 2.41. The Morgan fingerprint density at radius 3 is 2.71 bits per heavy atom. The van der Waals surface area contributed by atoms with E-state index in [-0.39, 0.29) is 0 Å². The summed E-state index contributed by atoms with van der Waals surface area (Å²) in [6.45, 7) is 2.98. The molecular formula is C15H14N2. The van der Waals surface area contributed by atoms with Crippen molar-refractivity contribution in [3.05, 3.63) is 66.1 Å². The maximum atomic E-state index is 4.38. The molecule has 0 atom stereocenters. The monoisotopic (exact) mass is 222 g/mol. The first kappa shape index (κ1) is 10.1. The minimum atomic E-state index is 0.834. The molecule has 0 unspecified atom stereocenters. The Labute approximate surface area is 101 Å². The summed E-state index contributed by atoms with van der Waals surface area (Å²) in [5, 5.41) is 1.29. The lowest BCUT2D eigenvalue weighted by atomic mass is 10.2. The van der Waals surface area contributed by atoms with Crippen molar-refractivity contribution >= 4 is 10.9 Å². The van der Waals surface area contributed by atoms with Gasteiger partial charge in [-0.2, -0.15) is 0 Å². The van der Waals surface area contributed by atoms with Crippen LogP contribution < -0.4 is 0 Å². The summed E-state index contributed by atoms with van der Waals surface area (Å²) in [5.41, 5.74) is 3.64. The molecule has 0 saturated carbocycles. The third kappa shape index (κ3) is 1.82. The summed E-state index contributed by atoms with van der Waals surface area (Å²) in [7, 11) is 0. The van der Waals surface area contributed by atoms with Crippen LogP contribution in [0.2, 0.25) is 0 Å². The van der Waals surface area contributed by atoms with Gasteiger partial charge in [-0.1, -0.05) is 24.3 Å². The number of nitrogens with zero attached hydrogens (tertiary/aromatic N) is 2. The Morgan fingerprint density at radius 1 is 1.06 bits per heavy atom. The largest absolute Gasteiger partial charge is 0.339 e. The summed E-state index contributed by atoms with van der Waals surface area (Å²) in [4.78, 5) is 4.38. The summed E-state index contributed by atoms with van der Waals surface area (Å²) < 4.78 is 2.30. The number of aromatic nitrogens is 2. The van der Waals surface area contributed by atoms with Gasteiger partial charge in [-0.25, -0.2) is 0 Å². The molecule has 0 fully saturated rings.